The molecule has 1 unspecified atom stereocenters. The quantitative estimate of drug-likeness (QED) is 0.503. The third-order valence-electron chi connectivity index (χ3n) is 4.33. The van der Waals surface area contributed by atoms with Gasteiger partial charge in [0.25, 0.3) is 0 Å². The Bertz CT molecular complexity index is 1100. The number of amides is 1. The molecule has 0 aliphatic rings. The van der Waals surface area contributed by atoms with E-state index >= 15 is 0 Å². The van der Waals surface area contributed by atoms with Gasteiger partial charge < -0.3 is 14.6 Å². The van der Waals surface area contributed by atoms with Gasteiger partial charge in [-0.2, -0.15) is 5.26 Å². The van der Waals surface area contributed by atoms with Crippen molar-refractivity contribution in [2.75, 3.05) is 11.1 Å². The first-order valence-corrected chi connectivity index (χ1v) is 11.3. The summed E-state index contributed by atoms with van der Waals surface area (Å²) >= 11 is 8.81. The van der Waals surface area contributed by atoms with Crippen LogP contribution in [0.25, 0.3) is 0 Å². The summed E-state index contributed by atoms with van der Waals surface area (Å²) in [6.45, 7) is 5.76. The van der Waals surface area contributed by atoms with Crippen molar-refractivity contribution in [2.45, 2.75) is 32.0 Å². The largest absolute Gasteiger partial charge is 0.483 e. The second-order valence-corrected chi connectivity index (χ2v) is 8.88. The van der Waals surface area contributed by atoms with E-state index in [4.69, 9.17) is 21.6 Å². The minimum atomic E-state index is -0.338. The van der Waals surface area contributed by atoms with Crippen molar-refractivity contribution in [3.8, 4) is 11.8 Å². The first kappa shape index (κ1) is 22.2. The van der Waals surface area contributed by atoms with Crippen LogP contribution in [0.1, 0.15) is 35.5 Å². The van der Waals surface area contributed by atoms with Gasteiger partial charge in [-0.05, 0) is 55.5 Å². The van der Waals surface area contributed by atoms with Crippen molar-refractivity contribution in [2.24, 2.45) is 7.05 Å². The molecule has 1 N–H and O–H groups in total. The van der Waals surface area contributed by atoms with Gasteiger partial charge >= 0.3 is 0 Å². The number of hydrogen-bond acceptors (Lipinski definition) is 7. The molecule has 0 radical (unpaired) electrons. The zero-order chi connectivity index (χ0) is 21.8. The summed E-state index contributed by atoms with van der Waals surface area (Å²) in [5.74, 6) is 1.30. The SMILES string of the molecule is Cc1cc(OC(C)c2nnc(SCC(=O)Nc3sccc3C#N)n2C)cc(C)c1Cl. The number of hydrogen-bond donors (Lipinski definition) is 1. The number of nitrogens with one attached hydrogen (secondary N) is 1. The maximum Gasteiger partial charge on any atom is 0.235 e. The highest BCUT2D eigenvalue weighted by atomic mass is 35.5. The molecule has 0 spiro atoms. The van der Waals surface area contributed by atoms with Gasteiger partial charge in [-0.1, -0.05) is 23.4 Å². The minimum absolute atomic E-state index is 0.152. The van der Waals surface area contributed by atoms with Crippen molar-refractivity contribution in [1.29, 1.82) is 5.26 Å². The molecular formula is C20H20ClN5O2S2. The van der Waals surface area contributed by atoms with Crippen molar-refractivity contribution >= 4 is 45.6 Å². The lowest BCUT2D eigenvalue weighted by Gasteiger charge is -2.16. The van der Waals surface area contributed by atoms with Crippen molar-refractivity contribution in [3.63, 3.8) is 0 Å². The van der Waals surface area contributed by atoms with Crippen LogP contribution in [0, 0.1) is 25.2 Å². The second kappa shape index (κ2) is 9.51. The molecule has 7 nitrogen and oxygen atoms in total. The fraction of sp³-hybridized carbons (Fsp3) is 0.300. The number of rotatable bonds is 7. The number of anilines is 1. The highest BCUT2D eigenvalue weighted by Crippen LogP contribution is 2.29. The van der Waals surface area contributed by atoms with E-state index in [0.717, 1.165) is 16.1 Å². The molecule has 0 fully saturated rings. The number of nitriles is 1. The average Bonchev–Trinajstić information content (AvgIpc) is 3.30. The van der Waals surface area contributed by atoms with E-state index in [1.165, 1.54) is 23.1 Å². The summed E-state index contributed by atoms with van der Waals surface area (Å²) in [5.41, 5.74) is 2.35. The Labute approximate surface area is 188 Å². The molecule has 3 aromatic rings. The number of nitrogens with zero attached hydrogens (tertiary/aromatic N) is 4. The zero-order valence-corrected chi connectivity index (χ0v) is 19.3. The fourth-order valence-corrected chi connectivity index (χ4v) is 4.40. The number of benzene rings is 1. The zero-order valence-electron chi connectivity index (χ0n) is 16.9. The maximum absolute atomic E-state index is 12.2. The van der Waals surface area contributed by atoms with Gasteiger partial charge in [0.05, 0.1) is 11.3 Å². The number of ether oxygens (including phenoxy) is 1. The van der Waals surface area contributed by atoms with Crippen LogP contribution in [0.3, 0.4) is 0 Å². The smallest absolute Gasteiger partial charge is 0.235 e. The Hall–Kier alpha value is -2.54. The summed E-state index contributed by atoms with van der Waals surface area (Å²) in [5, 5.41) is 23.8. The molecule has 0 saturated heterocycles. The van der Waals surface area contributed by atoms with E-state index in [2.05, 4.69) is 21.6 Å². The topological polar surface area (TPSA) is 92.8 Å². The molecule has 156 valence electrons. The molecule has 10 heteroatoms. The van der Waals surface area contributed by atoms with Crippen LogP contribution in [-0.2, 0) is 11.8 Å². The third-order valence-corrected chi connectivity index (χ3v) is 6.77. The summed E-state index contributed by atoms with van der Waals surface area (Å²) in [6.07, 6.45) is -0.338. The maximum atomic E-state index is 12.2. The first-order chi connectivity index (χ1) is 14.3. The number of halogens is 1. The van der Waals surface area contributed by atoms with Gasteiger partial charge in [0.2, 0.25) is 5.91 Å². The standard InChI is InChI=1S/C20H20ClN5O2S2/c1-11-7-15(8-12(2)17(11)21)28-13(3)18-24-25-20(26(18)4)30-10-16(27)23-19-14(9-22)5-6-29-19/h5-8,13H,10H2,1-4H3,(H,23,27). The van der Waals surface area contributed by atoms with Gasteiger partial charge in [0.1, 0.15) is 16.8 Å². The summed E-state index contributed by atoms with van der Waals surface area (Å²) in [6, 6.07) is 7.51. The minimum Gasteiger partial charge on any atom is -0.483 e. The molecule has 30 heavy (non-hydrogen) atoms. The molecule has 0 aliphatic carbocycles. The molecule has 0 bridgehead atoms. The van der Waals surface area contributed by atoms with Gasteiger partial charge in [0.15, 0.2) is 17.1 Å². The van der Waals surface area contributed by atoms with Crippen LogP contribution in [0.2, 0.25) is 5.02 Å². The molecule has 0 saturated carbocycles. The number of carbonyl (C=O) groups is 1. The summed E-state index contributed by atoms with van der Waals surface area (Å²) < 4.78 is 7.84. The Kier molecular flexibility index (Phi) is 7.02. The molecule has 2 aromatic heterocycles. The molecular weight excluding hydrogens is 442 g/mol. The Morgan fingerprint density at radius 3 is 2.77 bits per heavy atom. The molecule has 1 atom stereocenters. The van der Waals surface area contributed by atoms with Crippen LogP contribution in [0.5, 0.6) is 5.75 Å². The summed E-state index contributed by atoms with van der Waals surface area (Å²) in [7, 11) is 1.83. The Morgan fingerprint density at radius 2 is 2.10 bits per heavy atom. The lowest BCUT2D eigenvalue weighted by atomic mass is 10.1. The van der Waals surface area contributed by atoms with Crippen LogP contribution in [0.4, 0.5) is 5.00 Å². The fourth-order valence-electron chi connectivity index (χ4n) is 2.82. The van der Waals surface area contributed by atoms with Crippen LogP contribution in [-0.4, -0.2) is 26.4 Å². The Morgan fingerprint density at radius 1 is 1.40 bits per heavy atom. The highest BCUT2D eigenvalue weighted by molar-refractivity contribution is 7.99. The van der Waals surface area contributed by atoms with Crippen LogP contribution < -0.4 is 10.1 Å². The van der Waals surface area contributed by atoms with E-state index in [9.17, 15) is 4.79 Å². The third kappa shape index (κ3) is 4.95. The van der Waals surface area contributed by atoms with Gasteiger partial charge in [0, 0.05) is 12.1 Å². The summed E-state index contributed by atoms with van der Waals surface area (Å²) in [4.78, 5) is 12.2. The number of aryl methyl sites for hydroxylation is 2. The van der Waals surface area contributed by atoms with Crippen molar-refractivity contribution in [1.82, 2.24) is 14.8 Å². The number of thioether (sulfide) groups is 1. The van der Waals surface area contributed by atoms with Crippen LogP contribution >= 0.6 is 34.7 Å². The lowest BCUT2D eigenvalue weighted by Crippen LogP contribution is -2.14. The highest BCUT2D eigenvalue weighted by Gasteiger charge is 2.19. The lowest BCUT2D eigenvalue weighted by molar-refractivity contribution is -0.113. The van der Waals surface area contributed by atoms with E-state index in [-0.39, 0.29) is 17.8 Å². The molecule has 1 amide bonds. The van der Waals surface area contributed by atoms with Gasteiger partial charge in [-0.25, -0.2) is 0 Å². The van der Waals surface area contributed by atoms with Gasteiger partial charge in [-0.15, -0.1) is 21.5 Å². The first-order valence-electron chi connectivity index (χ1n) is 9.03. The second-order valence-electron chi connectivity index (χ2n) is 6.64. The molecule has 2 heterocycles. The number of aromatic nitrogens is 3. The monoisotopic (exact) mass is 461 g/mol. The predicted octanol–water partition coefficient (Wildman–Crippen LogP) is 4.89. The number of thiophene rings is 1. The molecule has 3 rings (SSSR count). The molecule has 0 aliphatic heterocycles. The van der Waals surface area contributed by atoms with E-state index in [1.807, 2.05) is 44.5 Å². The van der Waals surface area contributed by atoms with Crippen molar-refractivity contribution in [3.05, 3.63) is 51.1 Å². The van der Waals surface area contributed by atoms with E-state index in [0.29, 0.717) is 27.3 Å². The van der Waals surface area contributed by atoms with Crippen LogP contribution in [0.15, 0.2) is 28.7 Å². The predicted molar refractivity (Wildman–Crippen MR) is 119 cm³/mol. The van der Waals surface area contributed by atoms with Gasteiger partial charge in [-0.3, -0.25) is 4.79 Å². The van der Waals surface area contributed by atoms with E-state index < -0.39 is 0 Å². The normalized spacial score (nSPS) is 11.7. The number of carbonyl (C=O) groups excluding carboxylic acids is 1. The molecule has 1 aromatic carbocycles. The van der Waals surface area contributed by atoms with Crippen molar-refractivity contribution < 1.29 is 9.53 Å². The Balaban J connectivity index is 1.62. The van der Waals surface area contributed by atoms with E-state index in [1.54, 1.807) is 11.4 Å². The average molecular weight is 462 g/mol.